The Labute approximate surface area is 99.9 Å². The van der Waals surface area contributed by atoms with Gasteiger partial charge < -0.3 is 14.2 Å². The summed E-state index contributed by atoms with van der Waals surface area (Å²) in [6.45, 7) is 4.21. The Balaban J connectivity index is 1.84. The van der Waals surface area contributed by atoms with Gasteiger partial charge >= 0.3 is 5.97 Å². The maximum atomic E-state index is 11.8. The lowest BCUT2D eigenvalue weighted by atomic mass is 9.58. The van der Waals surface area contributed by atoms with E-state index in [-0.39, 0.29) is 23.9 Å². The zero-order valence-electron chi connectivity index (χ0n) is 10.0. The molecule has 4 heteroatoms. The summed E-state index contributed by atoms with van der Waals surface area (Å²) in [6, 6.07) is 0. The van der Waals surface area contributed by atoms with Crippen molar-refractivity contribution < 1.29 is 19.0 Å². The van der Waals surface area contributed by atoms with Crippen molar-refractivity contribution in [2.24, 2.45) is 17.8 Å². The van der Waals surface area contributed by atoms with Crippen LogP contribution in [0.4, 0.5) is 0 Å². The largest absolute Gasteiger partial charge is 0.462 e. The van der Waals surface area contributed by atoms with Crippen molar-refractivity contribution in [1.29, 1.82) is 0 Å². The first kappa shape index (κ1) is 10.1. The van der Waals surface area contributed by atoms with Gasteiger partial charge in [0.25, 0.3) is 0 Å². The van der Waals surface area contributed by atoms with Crippen LogP contribution in [0.1, 0.15) is 20.3 Å². The Bertz CT molecular complexity index is 427. The lowest BCUT2D eigenvalue weighted by Gasteiger charge is -2.53. The van der Waals surface area contributed by atoms with Crippen molar-refractivity contribution in [3.05, 3.63) is 12.2 Å². The summed E-state index contributed by atoms with van der Waals surface area (Å²) in [6.07, 6.45) is 5.21. The van der Waals surface area contributed by atoms with E-state index in [0.29, 0.717) is 12.5 Å². The molecule has 92 valence electrons. The maximum absolute atomic E-state index is 11.8. The van der Waals surface area contributed by atoms with Crippen molar-refractivity contribution >= 4 is 5.97 Å². The quantitative estimate of drug-likeness (QED) is 0.469. The molecule has 4 nitrogen and oxygen atoms in total. The summed E-state index contributed by atoms with van der Waals surface area (Å²) >= 11 is 0. The molecule has 3 aliphatic carbocycles. The van der Waals surface area contributed by atoms with E-state index < -0.39 is 11.4 Å². The molecule has 0 amide bonds. The zero-order chi connectivity index (χ0) is 11.8. The summed E-state index contributed by atoms with van der Waals surface area (Å²) in [5.74, 6) is -0.263. The number of carbonyl (C=O) groups is 1. The number of esters is 1. The second-order valence-corrected chi connectivity index (χ2v) is 6.02. The fourth-order valence-electron chi connectivity index (χ4n) is 4.04. The van der Waals surface area contributed by atoms with Crippen LogP contribution in [0.3, 0.4) is 0 Å². The molecule has 1 unspecified atom stereocenters. The molecule has 2 saturated heterocycles. The van der Waals surface area contributed by atoms with Gasteiger partial charge in [0.2, 0.25) is 0 Å². The third-order valence-corrected chi connectivity index (χ3v) is 4.55. The molecule has 0 aromatic heterocycles. The highest BCUT2D eigenvalue weighted by atomic mass is 16.8. The van der Waals surface area contributed by atoms with E-state index in [1.807, 2.05) is 13.8 Å². The molecular formula is C13H16O4. The van der Waals surface area contributed by atoms with E-state index >= 15 is 0 Å². The van der Waals surface area contributed by atoms with Gasteiger partial charge in [0, 0.05) is 11.8 Å². The first-order valence-electron chi connectivity index (χ1n) is 6.25. The minimum Gasteiger partial charge on any atom is -0.462 e. The molecule has 17 heavy (non-hydrogen) atoms. The predicted octanol–water partition coefficient (Wildman–Crippen LogP) is 1.26. The van der Waals surface area contributed by atoms with E-state index in [2.05, 4.69) is 12.2 Å². The fourth-order valence-corrected chi connectivity index (χ4v) is 4.04. The lowest BCUT2D eigenvalue weighted by Crippen LogP contribution is -2.65. The van der Waals surface area contributed by atoms with Crippen molar-refractivity contribution in [3.63, 3.8) is 0 Å². The first-order chi connectivity index (χ1) is 8.02. The van der Waals surface area contributed by atoms with Gasteiger partial charge in [0.1, 0.15) is 18.3 Å². The van der Waals surface area contributed by atoms with Gasteiger partial charge in [-0.15, -0.1) is 0 Å². The van der Waals surface area contributed by atoms with Crippen LogP contribution in [-0.2, 0) is 19.0 Å². The number of ether oxygens (including phenoxy) is 3. The van der Waals surface area contributed by atoms with Crippen molar-refractivity contribution in [2.45, 2.75) is 37.8 Å². The van der Waals surface area contributed by atoms with E-state index in [1.54, 1.807) is 0 Å². The van der Waals surface area contributed by atoms with Gasteiger partial charge in [0.15, 0.2) is 5.79 Å². The molecule has 5 atom stereocenters. The average Bonchev–Trinajstić information content (AvgIpc) is 2.58. The highest BCUT2D eigenvalue weighted by Gasteiger charge is 2.68. The highest BCUT2D eigenvalue weighted by Crippen LogP contribution is 2.57. The first-order valence-corrected chi connectivity index (χ1v) is 6.25. The van der Waals surface area contributed by atoms with Crippen LogP contribution in [0.25, 0.3) is 0 Å². The Morgan fingerprint density at radius 2 is 2.18 bits per heavy atom. The number of cyclic esters (lactones) is 1. The Morgan fingerprint density at radius 1 is 1.35 bits per heavy atom. The SMILES string of the molecule is CC1(C)O[C@@H]2[C@H]3C=C[C@H]4C(C3)C(=O)OC[C@@]24O1. The normalized spacial score (nSPS) is 53.4. The maximum Gasteiger partial charge on any atom is 0.309 e. The molecule has 0 N–H and O–H groups in total. The van der Waals surface area contributed by atoms with Crippen LogP contribution in [0.2, 0.25) is 0 Å². The van der Waals surface area contributed by atoms with Crippen LogP contribution < -0.4 is 0 Å². The molecule has 0 aromatic carbocycles. The van der Waals surface area contributed by atoms with Gasteiger partial charge in [-0.1, -0.05) is 12.2 Å². The number of carbonyl (C=O) groups excluding carboxylic acids is 1. The standard InChI is InChI=1S/C13H16O4/c1-12(2)16-10-7-3-4-9-8(5-7)11(14)15-6-13(9,10)17-12/h3-4,7-10H,5-6H2,1-2H3/t7-,8?,9-,10+,13-/m0/s1. The molecule has 2 heterocycles. The van der Waals surface area contributed by atoms with E-state index in [1.165, 1.54) is 0 Å². The highest BCUT2D eigenvalue weighted by molar-refractivity contribution is 5.75. The lowest BCUT2D eigenvalue weighted by molar-refractivity contribution is -0.216. The summed E-state index contributed by atoms with van der Waals surface area (Å²) in [5.41, 5.74) is -0.431. The van der Waals surface area contributed by atoms with Crippen LogP contribution in [0, 0.1) is 17.8 Å². The molecule has 1 spiro atoms. The average molecular weight is 236 g/mol. The van der Waals surface area contributed by atoms with E-state index in [0.717, 1.165) is 6.42 Å². The summed E-state index contributed by atoms with van der Waals surface area (Å²) in [5, 5.41) is 0. The van der Waals surface area contributed by atoms with Crippen LogP contribution in [0.15, 0.2) is 12.2 Å². The van der Waals surface area contributed by atoms with E-state index in [9.17, 15) is 4.79 Å². The van der Waals surface area contributed by atoms with Crippen molar-refractivity contribution in [1.82, 2.24) is 0 Å². The van der Waals surface area contributed by atoms with Gasteiger partial charge in [-0.05, 0) is 20.3 Å². The fraction of sp³-hybridized carbons (Fsp3) is 0.769. The summed E-state index contributed by atoms with van der Waals surface area (Å²) in [4.78, 5) is 11.8. The summed E-state index contributed by atoms with van der Waals surface area (Å²) in [7, 11) is 0. The van der Waals surface area contributed by atoms with Gasteiger partial charge in [-0.25, -0.2) is 0 Å². The third kappa shape index (κ3) is 1.08. The topological polar surface area (TPSA) is 44.8 Å². The molecule has 5 rings (SSSR count). The molecule has 1 saturated carbocycles. The number of hydrogen-bond acceptors (Lipinski definition) is 4. The van der Waals surface area contributed by atoms with Crippen LogP contribution >= 0.6 is 0 Å². The monoisotopic (exact) mass is 236 g/mol. The number of rotatable bonds is 0. The Morgan fingerprint density at radius 3 is 3.00 bits per heavy atom. The van der Waals surface area contributed by atoms with Crippen molar-refractivity contribution in [3.8, 4) is 0 Å². The van der Waals surface area contributed by atoms with Gasteiger partial charge in [0.05, 0.1) is 5.92 Å². The minimum absolute atomic E-state index is 0.0347. The molecule has 3 fully saturated rings. The molecule has 0 radical (unpaired) electrons. The molecule has 4 bridgehead atoms. The Hall–Kier alpha value is -0.870. The smallest absolute Gasteiger partial charge is 0.309 e. The molecule has 0 aromatic rings. The second kappa shape index (κ2) is 2.75. The van der Waals surface area contributed by atoms with E-state index in [4.69, 9.17) is 14.2 Å². The summed E-state index contributed by atoms with van der Waals surface area (Å²) < 4.78 is 17.5. The third-order valence-electron chi connectivity index (χ3n) is 4.55. The predicted molar refractivity (Wildman–Crippen MR) is 58.0 cm³/mol. The van der Waals surface area contributed by atoms with Gasteiger partial charge in [-0.2, -0.15) is 0 Å². The van der Waals surface area contributed by atoms with Crippen molar-refractivity contribution in [2.75, 3.05) is 6.61 Å². The van der Waals surface area contributed by atoms with Gasteiger partial charge in [-0.3, -0.25) is 4.79 Å². The number of hydrogen-bond donors (Lipinski definition) is 0. The molecular weight excluding hydrogens is 220 g/mol. The minimum atomic E-state index is -0.578. The zero-order valence-corrected chi connectivity index (χ0v) is 10.0. The van der Waals surface area contributed by atoms with Crippen LogP contribution in [0.5, 0.6) is 0 Å². The van der Waals surface area contributed by atoms with Crippen LogP contribution in [-0.4, -0.2) is 30.1 Å². The second-order valence-electron chi connectivity index (χ2n) is 6.02. The Kier molecular flexibility index (Phi) is 1.63. The molecule has 2 aliphatic heterocycles. The molecule has 5 aliphatic rings.